The highest BCUT2D eigenvalue weighted by molar-refractivity contribution is 5.68. The van der Waals surface area contributed by atoms with Crippen LogP contribution in [0.3, 0.4) is 0 Å². The Labute approximate surface area is 176 Å². The lowest BCUT2D eigenvalue weighted by atomic mass is 10.0. The summed E-state index contributed by atoms with van der Waals surface area (Å²) < 4.78 is 16.6. The summed E-state index contributed by atoms with van der Waals surface area (Å²) in [6.45, 7) is 2.98. The van der Waals surface area contributed by atoms with Crippen LogP contribution in [0.2, 0.25) is 0 Å². The first-order valence-corrected chi connectivity index (χ1v) is 10.5. The van der Waals surface area contributed by atoms with Gasteiger partial charge < -0.3 is 0 Å². The van der Waals surface area contributed by atoms with E-state index in [2.05, 4.69) is 46.4 Å². The highest BCUT2D eigenvalue weighted by atomic mass is 19.1. The number of likely N-dealkylation sites (tertiary alicyclic amines) is 1. The van der Waals surface area contributed by atoms with Crippen molar-refractivity contribution in [3.8, 4) is 28.1 Å². The van der Waals surface area contributed by atoms with Crippen LogP contribution in [0, 0.1) is 5.82 Å². The second-order valence-electron chi connectivity index (χ2n) is 7.81. The lowest BCUT2D eigenvalue weighted by molar-refractivity contribution is 0.332. The quantitative estimate of drug-likeness (QED) is 0.415. The van der Waals surface area contributed by atoms with Gasteiger partial charge in [-0.2, -0.15) is 5.10 Å². The van der Waals surface area contributed by atoms with Crippen LogP contribution < -0.4 is 0 Å². The van der Waals surface area contributed by atoms with Crippen molar-refractivity contribution in [1.29, 1.82) is 0 Å². The number of benzene rings is 3. The van der Waals surface area contributed by atoms with Crippen molar-refractivity contribution < 1.29 is 4.39 Å². The van der Waals surface area contributed by atoms with E-state index in [9.17, 15) is 4.39 Å². The van der Waals surface area contributed by atoms with Gasteiger partial charge in [-0.15, -0.1) is 0 Å². The van der Waals surface area contributed by atoms with Gasteiger partial charge in [0.25, 0.3) is 0 Å². The van der Waals surface area contributed by atoms with Gasteiger partial charge in [0.05, 0.1) is 17.6 Å². The van der Waals surface area contributed by atoms with Crippen molar-refractivity contribution in [3.05, 3.63) is 96.4 Å². The molecule has 4 heteroatoms. The van der Waals surface area contributed by atoms with Crippen molar-refractivity contribution in [2.45, 2.75) is 19.4 Å². The number of hydrogen-bond donors (Lipinski definition) is 0. The summed E-state index contributed by atoms with van der Waals surface area (Å²) in [7, 11) is 0. The fourth-order valence-electron chi connectivity index (χ4n) is 4.24. The molecule has 0 N–H and O–H groups in total. The molecule has 30 heavy (non-hydrogen) atoms. The largest absolute Gasteiger partial charge is 0.299 e. The topological polar surface area (TPSA) is 21.1 Å². The van der Waals surface area contributed by atoms with E-state index in [1.165, 1.54) is 24.5 Å². The monoisotopic (exact) mass is 397 g/mol. The van der Waals surface area contributed by atoms with E-state index in [4.69, 9.17) is 0 Å². The third-order valence-corrected chi connectivity index (χ3v) is 5.79. The van der Waals surface area contributed by atoms with E-state index in [0.29, 0.717) is 5.56 Å². The van der Waals surface area contributed by atoms with E-state index >= 15 is 0 Å². The number of nitrogens with zero attached hydrogens (tertiary/aromatic N) is 3. The SMILES string of the molecule is Fc1ccccc1-c1c(CN2CCCC2)cnn1-c1ccc(-c2ccccc2)cc1. The average molecular weight is 397 g/mol. The zero-order valence-electron chi connectivity index (χ0n) is 16.8. The van der Waals surface area contributed by atoms with Crippen LogP contribution >= 0.6 is 0 Å². The van der Waals surface area contributed by atoms with Gasteiger partial charge in [-0.1, -0.05) is 54.6 Å². The van der Waals surface area contributed by atoms with Crippen LogP contribution in [-0.4, -0.2) is 27.8 Å². The lowest BCUT2D eigenvalue weighted by Gasteiger charge is -2.16. The Balaban J connectivity index is 1.56. The van der Waals surface area contributed by atoms with Crippen LogP contribution in [0.4, 0.5) is 4.39 Å². The fourth-order valence-corrected chi connectivity index (χ4v) is 4.24. The minimum atomic E-state index is -0.220. The number of rotatable bonds is 5. The molecule has 1 aliphatic heterocycles. The summed E-state index contributed by atoms with van der Waals surface area (Å²) >= 11 is 0. The summed E-state index contributed by atoms with van der Waals surface area (Å²) in [4.78, 5) is 2.42. The highest BCUT2D eigenvalue weighted by Gasteiger charge is 2.21. The van der Waals surface area contributed by atoms with Crippen molar-refractivity contribution in [2.75, 3.05) is 13.1 Å². The summed E-state index contributed by atoms with van der Waals surface area (Å²) in [5, 5.41) is 4.67. The van der Waals surface area contributed by atoms with Crippen LogP contribution in [0.1, 0.15) is 18.4 Å². The first-order chi connectivity index (χ1) is 14.8. The van der Waals surface area contributed by atoms with E-state index < -0.39 is 0 Å². The molecule has 0 saturated carbocycles. The van der Waals surface area contributed by atoms with Gasteiger partial charge in [-0.25, -0.2) is 9.07 Å². The zero-order chi connectivity index (χ0) is 20.3. The van der Waals surface area contributed by atoms with E-state index in [1.54, 1.807) is 6.07 Å². The molecular formula is C26H24FN3. The molecule has 0 atom stereocenters. The third kappa shape index (κ3) is 3.66. The number of aromatic nitrogens is 2. The summed E-state index contributed by atoms with van der Waals surface area (Å²) in [5.41, 5.74) is 5.75. The normalized spacial score (nSPS) is 14.3. The number of halogens is 1. The maximum Gasteiger partial charge on any atom is 0.132 e. The van der Waals surface area contributed by atoms with Crippen LogP contribution in [0.25, 0.3) is 28.1 Å². The molecule has 0 radical (unpaired) electrons. The average Bonchev–Trinajstić information content (AvgIpc) is 3.45. The smallest absolute Gasteiger partial charge is 0.132 e. The highest BCUT2D eigenvalue weighted by Crippen LogP contribution is 2.31. The van der Waals surface area contributed by atoms with E-state index in [1.807, 2.05) is 41.2 Å². The molecule has 1 saturated heterocycles. The molecule has 1 aliphatic rings. The molecule has 5 rings (SSSR count). The molecule has 1 fully saturated rings. The Hall–Kier alpha value is -3.24. The molecule has 3 aromatic carbocycles. The predicted octanol–water partition coefficient (Wildman–Crippen LogP) is 5.94. The Morgan fingerprint density at radius 1 is 0.767 bits per heavy atom. The van der Waals surface area contributed by atoms with Crippen LogP contribution in [-0.2, 0) is 6.54 Å². The molecule has 0 bridgehead atoms. The molecule has 0 unspecified atom stereocenters. The van der Waals surface area contributed by atoms with Gasteiger partial charge in [0, 0.05) is 17.7 Å². The minimum Gasteiger partial charge on any atom is -0.299 e. The fraction of sp³-hybridized carbons (Fsp3) is 0.192. The molecule has 3 nitrogen and oxygen atoms in total. The standard InChI is InChI=1S/C26H24FN3/c27-25-11-5-4-10-24(25)26-22(19-29-16-6-7-17-29)18-28-30(26)23-14-12-21(13-15-23)20-8-2-1-3-9-20/h1-5,8-15,18H,6-7,16-17,19H2. The second-order valence-corrected chi connectivity index (χ2v) is 7.81. The molecule has 4 aromatic rings. The van der Waals surface area contributed by atoms with Crippen molar-refractivity contribution >= 4 is 0 Å². The van der Waals surface area contributed by atoms with Crippen LogP contribution in [0.5, 0.6) is 0 Å². The van der Waals surface area contributed by atoms with Crippen molar-refractivity contribution in [1.82, 2.24) is 14.7 Å². The van der Waals surface area contributed by atoms with Gasteiger partial charge in [0.1, 0.15) is 5.82 Å². The minimum absolute atomic E-state index is 0.220. The van der Waals surface area contributed by atoms with E-state index in [-0.39, 0.29) is 5.82 Å². The molecule has 0 amide bonds. The Morgan fingerprint density at radius 3 is 2.17 bits per heavy atom. The predicted molar refractivity (Wildman–Crippen MR) is 119 cm³/mol. The summed E-state index contributed by atoms with van der Waals surface area (Å²) in [6.07, 6.45) is 4.35. The molecular weight excluding hydrogens is 373 g/mol. The van der Waals surface area contributed by atoms with Gasteiger partial charge in [-0.05, 0) is 61.3 Å². The molecule has 1 aromatic heterocycles. The lowest BCUT2D eigenvalue weighted by Crippen LogP contribution is -2.18. The van der Waals surface area contributed by atoms with Gasteiger partial charge in [0.15, 0.2) is 0 Å². The van der Waals surface area contributed by atoms with Gasteiger partial charge >= 0.3 is 0 Å². The molecule has 2 heterocycles. The summed E-state index contributed by atoms with van der Waals surface area (Å²) in [5.74, 6) is -0.220. The van der Waals surface area contributed by atoms with Crippen LogP contribution in [0.15, 0.2) is 85.1 Å². The van der Waals surface area contributed by atoms with Gasteiger partial charge in [0.2, 0.25) is 0 Å². The van der Waals surface area contributed by atoms with Crippen molar-refractivity contribution in [3.63, 3.8) is 0 Å². The Kier molecular flexibility index (Phi) is 5.16. The summed E-state index contributed by atoms with van der Waals surface area (Å²) in [6, 6.07) is 25.6. The Bertz CT molecular complexity index is 1130. The second kappa shape index (κ2) is 8.25. The first-order valence-electron chi connectivity index (χ1n) is 10.5. The first kappa shape index (κ1) is 18.8. The van der Waals surface area contributed by atoms with Crippen molar-refractivity contribution in [2.24, 2.45) is 0 Å². The molecule has 0 aliphatic carbocycles. The maximum atomic E-state index is 14.8. The Morgan fingerprint density at radius 2 is 1.43 bits per heavy atom. The van der Waals surface area contributed by atoms with Gasteiger partial charge in [-0.3, -0.25) is 4.90 Å². The maximum absolute atomic E-state index is 14.8. The van der Waals surface area contributed by atoms with E-state index in [0.717, 1.165) is 42.1 Å². The molecule has 0 spiro atoms. The molecule has 150 valence electrons. The zero-order valence-corrected chi connectivity index (χ0v) is 16.8. The third-order valence-electron chi connectivity index (χ3n) is 5.79. The number of hydrogen-bond acceptors (Lipinski definition) is 2.